The van der Waals surface area contributed by atoms with Crippen molar-refractivity contribution in [2.45, 2.75) is 20.4 Å². The number of amides is 2. The maximum absolute atomic E-state index is 13.4. The number of hydrogen-bond acceptors (Lipinski definition) is 5. The molecule has 0 aliphatic carbocycles. The fourth-order valence-corrected chi connectivity index (χ4v) is 4.01. The molecule has 1 heterocycles. The number of nitrogens with zero attached hydrogens (tertiary/aromatic N) is 1. The van der Waals surface area contributed by atoms with Gasteiger partial charge in [0.15, 0.2) is 6.61 Å². The number of methoxy groups -OCH3 is 1. The Morgan fingerprint density at radius 2 is 1.59 bits per heavy atom. The lowest BCUT2D eigenvalue weighted by molar-refractivity contribution is -0.136. The van der Waals surface area contributed by atoms with Crippen molar-refractivity contribution in [2.75, 3.05) is 18.6 Å². The fraction of sp³-hybridized carbons (Fsp3) is 0.167. The summed E-state index contributed by atoms with van der Waals surface area (Å²) in [5.41, 5.74) is 4.43. The highest BCUT2D eigenvalue weighted by molar-refractivity contribution is 6.23. The van der Waals surface area contributed by atoms with Crippen LogP contribution in [0.25, 0.3) is 6.08 Å². The fourth-order valence-electron chi connectivity index (χ4n) is 4.01. The number of aryl methyl sites for hydroxylation is 1. The summed E-state index contributed by atoms with van der Waals surface area (Å²) >= 11 is 0. The van der Waals surface area contributed by atoms with E-state index in [0.717, 1.165) is 11.1 Å². The van der Waals surface area contributed by atoms with Gasteiger partial charge in [-0.05, 0) is 55.3 Å². The van der Waals surface area contributed by atoms with Gasteiger partial charge in [0.1, 0.15) is 5.75 Å². The summed E-state index contributed by atoms with van der Waals surface area (Å²) < 4.78 is 10.6. The van der Waals surface area contributed by atoms with Crippen molar-refractivity contribution < 1.29 is 23.9 Å². The predicted octanol–water partition coefficient (Wildman–Crippen LogP) is 4.57. The summed E-state index contributed by atoms with van der Waals surface area (Å²) in [7, 11) is 1.29. The molecule has 1 aliphatic rings. The van der Waals surface area contributed by atoms with E-state index in [0.29, 0.717) is 29.2 Å². The Labute approximate surface area is 216 Å². The van der Waals surface area contributed by atoms with Crippen molar-refractivity contribution >= 4 is 29.5 Å². The molecular formula is C30H28N2O5. The average molecular weight is 497 g/mol. The standard InChI is InChI=1S/C30H28N2O5/c1-20-9-13-24(14-10-20)32-21(2)28(30(35)36-3)26(29(32)34)17-22-11-15-25(16-12-22)37-19-27(33)31-18-23-7-5-4-6-8-23/h4-17H,18-19H2,1-3H3,(H,31,33)/b26-17-. The first-order valence-electron chi connectivity index (χ1n) is 11.8. The van der Waals surface area contributed by atoms with Gasteiger partial charge in [-0.1, -0.05) is 60.2 Å². The second-order valence-electron chi connectivity index (χ2n) is 8.61. The molecule has 2 amide bonds. The molecule has 7 heteroatoms. The third-order valence-electron chi connectivity index (χ3n) is 5.98. The minimum atomic E-state index is -0.576. The van der Waals surface area contributed by atoms with E-state index in [-0.39, 0.29) is 29.6 Å². The van der Waals surface area contributed by atoms with Crippen LogP contribution in [-0.4, -0.2) is 31.5 Å². The van der Waals surface area contributed by atoms with Crippen molar-refractivity contribution in [1.29, 1.82) is 0 Å². The third kappa shape index (κ3) is 5.95. The van der Waals surface area contributed by atoms with Crippen LogP contribution in [0.2, 0.25) is 0 Å². The quantitative estimate of drug-likeness (QED) is 0.365. The topological polar surface area (TPSA) is 84.9 Å². The van der Waals surface area contributed by atoms with Gasteiger partial charge in [0.25, 0.3) is 11.8 Å². The zero-order valence-electron chi connectivity index (χ0n) is 21.0. The lowest BCUT2D eigenvalue weighted by Gasteiger charge is -2.18. The molecule has 4 rings (SSSR count). The number of hydrogen-bond donors (Lipinski definition) is 1. The minimum absolute atomic E-state index is 0.119. The highest BCUT2D eigenvalue weighted by atomic mass is 16.5. The number of esters is 1. The van der Waals surface area contributed by atoms with Gasteiger partial charge < -0.3 is 14.8 Å². The van der Waals surface area contributed by atoms with E-state index in [9.17, 15) is 14.4 Å². The van der Waals surface area contributed by atoms with Crippen LogP contribution < -0.4 is 15.0 Å². The number of ether oxygens (including phenoxy) is 2. The summed E-state index contributed by atoms with van der Waals surface area (Å²) in [4.78, 5) is 39.6. The van der Waals surface area contributed by atoms with E-state index in [1.807, 2.05) is 61.5 Å². The molecule has 3 aromatic rings. The molecule has 0 saturated carbocycles. The van der Waals surface area contributed by atoms with Gasteiger partial charge in [-0.2, -0.15) is 0 Å². The molecule has 1 N–H and O–H groups in total. The highest BCUT2D eigenvalue weighted by Crippen LogP contribution is 2.35. The molecule has 7 nitrogen and oxygen atoms in total. The second-order valence-corrected chi connectivity index (χ2v) is 8.61. The van der Waals surface area contributed by atoms with Crippen molar-refractivity contribution in [3.05, 3.63) is 112 Å². The van der Waals surface area contributed by atoms with Crippen LogP contribution >= 0.6 is 0 Å². The van der Waals surface area contributed by atoms with Crippen molar-refractivity contribution in [2.24, 2.45) is 0 Å². The normalized spacial score (nSPS) is 14.2. The Hall–Kier alpha value is -4.65. The average Bonchev–Trinajstić information content (AvgIpc) is 3.16. The molecule has 0 bridgehead atoms. The number of anilines is 1. The SMILES string of the molecule is COC(=O)C1=C(C)N(c2ccc(C)cc2)C(=O)/C1=C\c1ccc(OCC(=O)NCc2ccccc2)cc1. The van der Waals surface area contributed by atoms with E-state index < -0.39 is 5.97 Å². The molecule has 37 heavy (non-hydrogen) atoms. The number of carbonyl (C=O) groups excluding carboxylic acids is 3. The summed E-state index contributed by atoms with van der Waals surface area (Å²) in [6, 6.07) is 24.1. The summed E-state index contributed by atoms with van der Waals surface area (Å²) in [5.74, 6) is -0.604. The summed E-state index contributed by atoms with van der Waals surface area (Å²) in [5, 5.41) is 2.81. The number of nitrogens with one attached hydrogen (secondary N) is 1. The molecule has 0 aromatic heterocycles. The maximum Gasteiger partial charge on any atom is 0.340 e. The van der Waals surface area contributed by atoms with Crippen LogP contribution in [0.1, 0.15) is 23.6 Å². The molecule has 0 saturated heterocycles. The van der Waals surface area contributed by atoms with Gasteiger partial charge in [0.05, 0.1) is 18.3 Å². The predicted molar refractivity (Wildman–Crippen MR) is 142 cm³/mol. The van der Waals surface area contributed by atoms with Crippen LogP contribution in [0.5, 0.6) is 5.75 Å². The first kappa shape index (κ1) is 25.4. The van der Waals surface area contributed by atoms with Gasteiger partial charge >= 0.3 is 5.97 Å². The molecule has 3 aromatic carbocycles. The van der Waals surface area contributed by atoms with Crippen LogP contribution in [0.3, 0.4) is 0 Å². The highest BCUT2D eigenvalue weighted by Gasteiger charge is 2.37. The van der Waals surface area contributed by atoms with Crippen LogP contribution in [0, 0.1) is 6.92 Å². The Morgan fingerprint density at radius 3 is 2.24 bits per heavy atom. The van der Waals surface area contributed by atoms with E-state index in [1.54, 1.807) is 37.3 Å². The van der Waals surface area contributed by atoms with E-state index in [2.05, 4.69) is 5.32 Å². The lowest BCUT2D eigenvalue weighted by Crippen LogP contribution is -2.28. The van der Waals surface area contributed by atoms with Crippen LogP contribution in [-0.2, 0) is 25.7 Å². The van der Waals surface area contributed by atoms with E-state index in [1.165, 1.54) is 12.0 Å². The first-order valence-corrected chi connectivity index (χ1v) is 11.8. The number of allylic oxidation sites excluding steroid dienone is 1. The minimum Gasteiger partial charge on any atom is -0.484 e. The molecule has 1 aliphatic heterocycles. The lowest BCUT2D eigenvalue weighted by atomic mass is 10.0. The molecule has 0 fully saturated rings. The van der Waals surface area contributed by atoms with Crippen LogP contribution in [0.4, 0.5) is 5.69 Å². The van der Waals surface area contributed by atoms with E-state index >= 15 is 0 Å². The monoisotopic (exact) mass is 496 g/mol. The molecular weight excluding hydrogens is 468 g/mol. The smallest absolute Gasteiger partial charge is 0.340 e. The Morgan fingerprint density at radius 1 is 0.919 bits per heavy atom. The number of rotatable bonds is 8. The van der Waals surface area contributed by atoms with Gasteiger partial charge in [-0.3, -0.25) is 14.5 Å². The van der Waals surface area contributed by atoms with Gasteiger partial charge in [0, 0.05) is 17.9 Å². The first-order chi connectivity index (χ1) is 17.9. The van der Waals surface area contributed by atoms with Crippen LogP contribution in [0.15, 0.2) is 95.7 Å². The zero-order chi connectivity index (χ0) is 26.4. The second kappa shape index (κ2) is 11.4. The Balaban J connectivity index is 1.46. The molecule has 188 valence electrons. The van der Waals surface area contributed by atoms with Crippen molar-refractivity contribution in [3.8, 4) is 5.75 Å². The molecule has 0 atom stereocenters. The Bertz CT molecular complexity index is 1360. The van der Waals surface area contributed by atoms with Crippen molar-refractivity contribution in [1.82, 2.24) is 5.32 Å². The summed E-state index contributed by atoms with van der Waals surface area (Å²) in [6.07, 6.45) is 1.66. The van der Waals surface area contributed by atoms with Crippen molar-refractivity contribution in [3.63, 3.8) is 0 Å². The zero-order valence-corrected chi connectivity index (χ0v) is 21.0. The largest absolute Gasteiger partial charge is 0.484 e. The third-order valence-corrected chi connectivity index (χ3v) is 5.98. The number of carbonyl (C=O) groups is 3. The maximum atomic E-state index is 13.4. The summed E-state index contributed by atoms with van der Waals surface area (Å²) in [6.45, 7) is 4.00. The molecule has 0 radical (unpaired) electrons. The van der Waals surface area contributed by atoms with Gasteiger partial charge in [-0.15, -0.1) is 0 Å². The van der Waals surface area contributed by atoms with Gasteiger partial charge in [-0.25, -0.2) is 4.79 Å². The Kier molecular flexibility index (Phi) is 7.83. The number of benzene rings is 3. The van der Waals surface area contributed by atoms with E-state index in [4.69, 9.17) is 9.47 Å². The molecule has 0 unspecified atom stereocenters. The molecule has 0 spiro atoms. The van der Waals surface area contributed by atoms with Gasteiger partial charge in [0.2, 0.25) is 0 Å².